The molecule has 1 saturated heterocycles. The molecule has 0 unspecified atom stereocenters. The van der Waals surface area contributed by atoms with E-state index in [0.29, 0.717) is 0 Å². The molecule has 1 aliphatic rings. The molecular weight excluding hydrogens is 228 g/mol. The Morgan fingerprint density at radius 1 is 1.17 bits per heavy atom. The average molecular weight is 244 g/mol. The molecule has 0 atom stereocenters. The van der Waals surface area contributed by atoms with Crippen LogP contribution in [0.5, 0.6) is 0 Å². The zero-order valence-electron chi connectivity index (χ0n) is 10.4. The van der Waals surface area contributed by atoms with Gasteiger partial charge in [-0.15, -0.1) is 0 Å². The van der Waals surface area contributed by atoms with Gasteiger partial charge in [-0.05, 0) is 19.1 Å². The summed E-state index contributed by atoms with van der Waals surface area (Å²) in [6, 6.07) is 10.4. The Kier molecular flexibility index (Phi) is 3.02. The largest absolute Gasteiger partial charge is 0.378 e. The summed E-state index contributed by atoms with van der Waals surface area (Å²) in [6.07, 6.45) is 0. The van der Waals surface area contributed by atoms with Gasteiger partial charge in [0, 0.05) is 30.4 Å². The van der Waals surface area contributed by atoms with Crippen LogP contribution in [-0.2, 0) is 4.74 Å². The number of aromatic nitrogens is 1. The van der Waals surface area contributed by atoms with Crippen molar-refractivity contribution in [2.75, 3.05) is 31.2 Å². The summed E-state index contributed by atoms with van der Waals surface area (Å²) in [7, 11) is 0. The van der Waals surface area contributed by atoms with E-state index in [2.05, 4.69) is 34.3 Å². The number of anilines is 1. The van der Waals surface area contributed by atoms with E-state index in [9.17, 15) is 0 Å². The summed E-state index contributed by atoms with van der Waals surface area (Å²) in [4.78, 5) is 2.33. The molecule has 0 spiro atoms. The quantitative estimate of drug-likeness (QED) is 0.813. The van der Waals surface area contributed by atoms with E-state index in [1.807, 2.05) is 13.0 Å². The summed E-state index contributed by atoms with van der Waals surface area (Å²) in [5, 5.41) is 4.05. The SMILES string of the molecule is Cc1cc(-c2cccc(N3CCOCC3)c2)no1. The van der Waals surface area contributed by atoms with E-state index in [1.165, 1.54) is 5.69 Å². The molecule has 0 aliphatic carbocycles. The Hall–Kier alpha value is -1.81. The van der Waals surface area contributed by atoms with Gasteiger partial charge in [0.2, 0.25) is 0 Å². The third-order valence-corrected chi connectivity index (χ3v) is 3.15. The van der Waals surface area contributed by atoms with E-state index in [-0.39, 0.29) is 0 Å². The Labute approximate surface area is 106 Å². The fourth-order valence-electron chi connectivity index (χ4n) is 2.19. The van der Waals surface area contributed by atoms with Crippen LogP contribution in [0.15, 0.2) is 34.9 Å². The van der Waals surface area contributed by atoms with Gasteiger partial charge in [0.15, 0.2) is 0 Å². The van der Waals surface area contributed by atoms with Crippen LogP contribution in [0.3, 0.4) is 0 Å². The maximum absolute atomic E-state index is 5.37. The van der Waals surface area contributed by atoms with Gasteiger partial charge in [-0.25, -0.2) is 0 Å². The number of hydrogen-bond acceptors (Lipinski definition) is 4. The topological polar surface area (TPSA) is 38.5 Å². The summed E-state index contributed by atoms with van der Waals surface area (Å²) in [6.45, 7) is 5.39. The minimum absolute atomic E-state index is 0.799. The number of benzene rings is 1. The van der Waals surface area contributed by atoms with Crippen molar-refractivity contribution >= 4 is 5.69 Å². The van der Waals surface area contributed by atoms with Crippen LogP contribution < -0.4 is 4.90 Å². The predicted octanol–water partition coefficient (Wildman–Crippen LogP) is 2.49. The fourth-order valence-corrected chi connectivity index (χ4v) is 2.19. The molecule has 1 aromatic heterocycles. The molecule has 4 heteroatoms. The second kappa shape index (κ2) is 4.82. The lowest BCUT2D eigenvalue weighted by Gasteiger charge is -2.29. The van der Waals surface area contributed by atoms with Crippen LogP contribution >= 0.6 is 0 Å². The average Bonchev–Trinajstić information content (AvgIpc) is 2.87. The Balaban J connectivity index is 1.88. The number of morpholine rings is 1. The van der Waals surface area contributed by atoms with Crippen molar-refractivity contribution in [3.63, 3.8) is 0 Å². The first-order valence-electron chi connectivity index (χ1n) is 6.19. The van der Waals surface area contributed by atoms with Crippen LogP contribution in [0.1, 0.15) is 5.76 Å². The number of rotatable bonds is 2. The van der Waals surface area contributed by atoms with Crippen LogP contribution in [0.4, 0.5) is 5.69 Å². The summed E-state index contributed by atoms with van der Waals surface area (Å²) in [5.41, 5.74) is 3.20. The highest BCUT2D eigenvalue weighted by Gasteiger charge is 2.12. The second-order valence-electron chi connectivity index (χ2n) is 4.47. The lowest BCUT2D eigenvalue weighted by molar-refractivity contribution is 0.122. The summed E-state index contributed by atoms with van der Waals surface area (Å²) < 4.78 is 10.5. The van der Waals surface area contributed by atoms with Gasteiger partial charge >= 0.3 is 0 Å². The molecule has 1 aliphatic heterocycles. The molecular formula is C14H16N2O2. The first-order valence-corrected chi connectivity index (χ1v) is 6.19. The van der Waals surface area contributed by atoms with Crippen LogP contribution in [-0.4, -0.2) is 31.5 Å². The van der Waals surface area contributed by atoms with Crippen molar-refractivity contribution in [2.45, 2.75) is 6.92 Å². The molecule has 1 fully saturated rings. The van der Waals surface area contributed by atoms with Gasteiger partial charge in [0.25, 0.3) is 0 Å². The molecule has 18 heavy (non-hydrogen) atoms. The Morgan fingerprint density at radius 3 is 2.72 bits per heavy atom. The highest BCUT2D eigenvalue weighted by atomic mass is 16.5. The van der Waals surface area contributed by atoms with E-state index < -0.39 is 0 Å². The predicted molar refractivity (Wildman–Crippen MR) is 69.7 cm³/mol. The standard InChI is InChI=1S/C14H16N2O2/c1-11-9-14(15-18-11)12-3-2-4-13(10-12)16-5-7-17-8-6-16/h2-4,9-10H,5-8H2,1H3. The number of nitrogens with zero attached hydrogens (tertiary/aromatic N) is 2. The van der Waals surface area contributed by atoms with Gasteiger partial charge in [-0.1, -0.05) is 17.3 Å². The molecule has 4 nitrogen and oxygen atoms in total. The molecule has 0 radical (unpaired) electrons. The molecule has 0 saturated carbocycles. The number of ether oxygens (including phenoxy) is 1. The molecule has 2 heterocycles. The van der Waals surface area contributed by atoms with Crippen LogP contribution in [0.25, 0.3) is 11.3 Å². The molecule has 3 rings (SSSR count). The van der Waals surface area contributed by atoms with Gasteiger partial charge in [0.1, 0.15) is 11.5 Å². The lowest BCUT2D eigenvalue weighted by Crippen LogP contribution is -2.36. The number of aryl methyl sites for hydroxylation is 1. The smallest absolute Gasteiger partial charge is 0.134 e. The highest BCUT2D eigenvalue weighted by molar-refractivity contribution is 5.65. The molecule has 1 aromatic carbocycles. The van der Waals surface area contributed by atoms with Crippen molar-refractivity contribution in [2.24, 2.45) is 0 Å². The minimum Gasteiger partial charge on any atom is -0.378 e. The molecule has 2 aromatic rings. The summed E-state index contributed by atoms with van der Waals surface area (Å²) >= 11 is 0. The molecule has 0 bridgehead atoms. The Morgan fingerprint density at radius 2 is 2.00 bits per heavy atom. The van der Waals surface area contributed by atoms with Crippen LogP contribution in [0.2, 0.25) is 0 Å². The third kappa shape index (κ3) is 2.24. The van der Waals surface area contributed by atoms with Crippen molar-refractivity contribution < 1.29 is 9.26 Å². The third-order valence-electron chi connectivity index (χ3n) is 3.15. The summed E-state index contributed by atoms with van der Waals surface area (Å²) in [5.74, 6) is 0.835. The van der Waals surface area contributed by atoms with Gasteiger partial charge in [0.05, 0.1) is 13.2 Å². The zero-order valence-corrected chi connectivity index (χ0v) is 10.4. The second-order valence-corrected chi connectivity index (χ2v) is 4.47. The maximum Gasteiger partial charge on any atom is 0.134 e. The molecule has 94 valence electrons. The normalized spacial score (nSPS) is 15.9. The van der Waals surface area contributed by atoms with E-state index in [0.717, 1.165) is 43.3 Å². The first kappa shape index (κ1) is 11.3. The first-order chi connectivity index (χ1) is 8.83. The van der Waals surface area contributed by atoms with E-state index in [4.69, 9.17) is 9.26 Å². The Bertz CT molecular complexity index is 530. The minimum atomic E-state index is 0.799. The van der Waals surface area contributed by atoms with Crippen molar-refractivity contribution in [1.82, 2.24) is 5.16 Å². The monoisotopic (exact) mass is 244 g/mol. The zero-order chi connectivity index (χ0) is 12.4. The van der Waals surface area contributed by atoms with Gasteiger partial charge < -0.3 is 14.2 Å². The van der Waals surface area contributed by atoms with Crippen molar-refractivity contribution in [3.8, 4) is 11.3 Å². The van der Waals surface area contributed by atoms with Gasteiger partial charge in [-0.2, -0.15) is 0 Å². The van der Waals surface area contributed by atoms with Crippen LogP contribution in [0, 0.1) is 6.92 Å². The van der Waals surface area contributed by atoms with E-state index >= 15 is 0 Å². The van der Waals surface area contributed by atoms with Crippen molar-refractivity contribution in [3.05, 3.63) is 36.1 Å². The fraction of sp³-hybridized carbons (Fsp3) is 0.357. The molecule has 0 amide bonds. The maximum atomic E-state index is 5.37. The molecule has 0 N–H and O–H groups in total. The van der Waals surface area contributed by atoms with E-state index in [1.54, 1.807) is 0 Å². The number of hydrogen-bond donors (Lipinski definition) is 0. The highest BCUT2D eigenvalue weighted by Crippen LogP contribution is 2.24. The van der Waals surface area contributed by atoms with Gasteiger partial charge in [-0.3, -0.25) is 0 Å². The van der Waals surface area contributed by atoms with Crippen molar-refractivity contribution in [1.29, 1.82) is 0 Å². The lowest BCUT2D eigenvalue weighted by atomic mass is 10.1.